The molecule has 0 spiro atoms. The van der Waals surface area contributed by atoms with Crippen molar-refractivity contribution in [1.82, 2.24) is 0 Å². The Balaban J connectivity index is 1.69. The third-order valence-corrected chi connectivity index (χ3v) is 4.24. The maximum absolute atomic E-state index is 12.5. The van der Waals surface area contributed by atoms with Crippen molar-refractivity contribution in [3.63, 3.8) is 0 Å². The highest BCUT2D eigenvalue weighted by Crippen LogP contribution is 2.19. The molecule has 1 aliphatic heterocycles. The summed E-state index contributed by atoms with van der Waals surface area (Å²) < 4.78 is 5.38. The van der Waals surface area contributed by atoms with Crippen LogP contribution in [0, 0.1) is 13.8 Å². The number of carbonyl (C=O) groups excluding carboxylic acids is 2. The van der Waals surface area contributed by atoms with Crippen LogP contribution in [0.3, 0.4) is 0 Å². The van der Waals surface area contributed by atoms with Crippen LogP contribution < -0.4 is 10.6 Å². The molecule has 0 aliphatic carbocycles. The van der Waals surface area contributed by atoms with Gasteiger partial charge in [0.1, 0.15) is 6.10 Å². The van der Waals surface area contributed by atoms with Gasteiger partial charge in [0, 0.05) is 23.5 Å². The molecule has 1 atom stereocenters. The van der Waals surface area contributed by atoms with Crippen LogP contribution in [0.25, 0.3) is 0 Å². The molecule has 0 saturated carbocycles. The van der Waals surface area contributed by atoms with Crippen molar-refractivity contribution in [2.45, 2.75) is 32.8 Å². The molecule has 25 heavy (non-hydrogen) atoms. The molecular weight excluding hydrogens is 316 g/mol. The van der Waals surface area contributed by atoms with E-state index in [1.165, 1.54) is 0 Å². The van der Waals surface area contributed by atoms with Crippen LogP contribution in [0.4, 0.5) is 11.4 Å². The standard InChI is InChI=1S/C20H22N2O3/c1-13-8-9-17(14(2)11-13)22-19(23)15-5-3-6-16(12-15)21-20(24)18-7-4-10-25-18/h3,5-6,8-9,11-12,18H,4,7,10H2,1-2H3,(H,21,24)(H,22,23)/t18-/m1/s1. The van der Waals surface area contributed by atoms with Crippen LogP contribution in [-0.2, 0) is 9.53 Å². The lowest BCUT2D eigenvalue weighted by Crippen LogP contribution is -2.27. The molecule has 0 unspecified atom stereocenters. The number of hydrogen-bond donors (Lipinski definition) is 2. The number of hydrogen-bond acceptors (Lipinski definition) is 3. The molecule has 1 fully saturated rings. The fourth-order valence-electron chi connectivity index (χ4n) is 2.89. The molecule has 3 rings (SSSR count). The van der Waals surface area contributed by atoms with E-state index in [2.05, 4.69) is 10.6 Å². The summed E-state index contributed by atoms with van der Waals surface area (Å²) in [5, 5.41) is 5.73. The van der Waals surface area contributed by atoms with E-state index in [1.54, 1.807) is 24.3 Å². The first-order valence-corrected chi connectivity index (χ1v) is 8.44. The van der Waals surface area contributed by atoms with E-state index in [4.69, 9.17) is 4.74 Å². The first kappa shape index (κ1) is 17.2. The normalized spacial score (nSPS) is 16.5. The summed E-state index contributed by atoms with van der Waals surface area (Å²) in [6.07, 6.45) is 1.24. The lowest BCUT2D eigenvalue weighted by molar-refractivity contribution is -0.124. The largest absolute Gasteiger partial charge is 0.368 e. The van der Waals surface area contributed by atoms with Crippen LogP contribution in [0.1, 0.15) is 34.3 Å². The van der Waals surface area contributed by atoms with Crippen molar-refractivity contribution < 1.29 is 14.3 Å². The molecule has 2 aromatic rings. The molecule has 5 heteroatoms. The Hall–Kier alpha value is -2.66. The van der Waals surface area contributed by atoms with E-state index in [0.717, 1.165) is 29.7 Å². The highest BCUT2D eigenvalue weighted by atomic mass is 16.5. The quantitative estimate of drug-likeness (QED) is 0.894. The van der Waals surface area contributed by atoms with Crippen molar-refractivity contribution in [2.75, 3.05) is 17.2 Å². The van der Waals surface area contributed by atoms with Crippen LogP contribution >= 0.6 is 0 Å². The first-order valence-electron chi connectivity index (χ1n) is 8.44. The minimum Gasteiger partial charge on any atom is -0.368 e. The second-order valence-corrected chi connectivity index (χ2v) is 6.34. The molecule has 2 aromatic carbocycles. The third-order valence-electron chi connectivity index (χ3n) is 4.24. The molecule has 0 radical (unpaired) electrons. The Labute approximate surface area is 147 Å². The second-order valence-electron chi connectivity index (χ2n) is 6.34. The number of rotatable bonds is 4. The molecule has 1 aliphatic rings. The van der Waals surface area contributed by atoms with Gasteiger partial charge in [-0.15, -0.1) is 0 Å². The zero-order valence-electron chi connectivity index (χ0n) is 14.5. The first-order chi connectivity index (χ1) is 12.0. The van der Waals surface area contributed by atoms with Gasteiger partial charge in [-0.2, -0.15) is 0 Å². The second kappa shape index (κ2) is 7.49. The lowest BCUT2D eigenvalue weighted by Gasteiger charge is -2.12. The number of nitrogens with one attached hydrogen (secondary N) is 2. The van der Waals surface area contributed by atoms with E-state index in [9.17, 15) is 9.59 Å². The molecule has 2 amide bonds. The van der Waals surface area contributed by atoms with Crippen molar-refractivity contribution in [2.24, 2.45) is 0 Å². The fraction of sp³-hybridized carbons (Fsp3) is 0.300. The minimum absolute atomic E-state index is 0.163. The van der Waals surface area contributed by atoms with Gasteiger partial charge in [0.25, 0.3) is 11.8 Å². The predicted octanol–water partition coefficient (Wildman–Crippen LogP) is 3.67. The van der Waals surface area contributed by atoms with Gasteiger partial charge in [-0.05, 0) is 56.5 Å². The number of amides is 2. The number of carbonyl (C=O) groups is 2. The Morgan fingerprint density at radius 1 is 1.08 bits per heavy atom. The molecule has 0 bridgehead atoms. The van der Waals surface area contributed by atoms with Crippen LogP contribution in [-0.4, -0.2) is 24.5 Å². The van der Waals surface area contributed by atoms with Crippen molar-refractivity contribution in [3.8, 4) is 0 Å². The monoisotopic (exact) mass is 338 g/mol. The Morgan fingerprint density at radius 2 is 1.92 bits per heavy atom. The number of ether oxygens (including phenoxy) is 1. The van der Waals surface area contributed by atoms with Crippen LogP contribution in [0.15, 0.2) is 42.5 Å². The summed E-state index contributed by atoms with van der Waals surface area (Å²) in [7, 11) is 0. The van der Waals surface area contributed by atoms with Gasteiger partial charge in [-0.1, -0.05) is 23.8 Å². The average Bonchev–Trinajstić information content (AvgIpc) is 3.12. The van der Waals surface area contributed by atoms with E-state index in [-0.39, 0.29) is 11.8 Å². The Morgan fingerprint density at radius 3 is 2.64 bits per heavy atom. The Kier molecular flexibility index (Phi) is 5.14. The molecule has 1 saturated heterocycles. The summed E-state index contributed by atoms with van der Waals surface area (Å²) in [6.45, 7) is 4.59. The van der Waals surface area contributed by atoms with Gasteiger partial charge in [0.05, 0.1) is 0 Å². The maximum atomic E-state index is 12.5. The highest BCUT2D eigenvalue weighted by molar-refractivity contribution is 6.05. The number of benzene rings is 2. The van der Waals surface area contributed by atoms with E-state index >= 15 is 0 Å². The Bertz CT molecular complexity index is 795. The molecular formula is C20H22N2O3. The van der Waals surface area contributed by atoms with Crippen LogP contribution in [0.2, 0.25) is 0 Å². The maximum Gasteiger partial charge on any atom is 0.255 e. The van der Waals surface area contributed by atoms with Crippen LogP contribution in [0.5, 0.6) is 0 Å². The van der Waals surface area contributed by atoms with E-state index < -0.39 is 6.10 Å². The minimum atomic E-state index is -0.396. The van der Waals surface area contributed by atoms with Gasteiger partial charge in [-0.3, -0.25) is 9.59 Å². The summed E-state index contributed by atoms with van der Waals surface area (Å²) in [4.78, 5) is 24.6. The summed E-state index contributed by atoms with van der Waals surface area (Å²) in [6, 6.07) is 12.8. The molecule has 0 aromatic heterocycles. The van der Waals surface area contributed by atoms with Crippen molar-refractivity contribution in [3.05, 3.63) is 59.2 Å². The SMILES string of the molecule is Cc1ccc(NC(=O)c2cccc(NC(=O)[C@H]3CCCO3)c2)c(C)c1. The summed E-state index contributed by atoms with van der Waals surface area (Å²) in [5.74, 6) is -0.371. The molecule has 130 valence electrons. The molecule has 1 heterocycles. The zero-order valence-corrected chi connectivity index (χ0v) is 14.5. The molecule has 5 nitrogen and oxygen atoms in total. The number of aryl methyl sites for hydroxylation is 2. The summed E-state index contributed by atoms with van der Waals surface area (Å²) in [5.41, 5.74) is 4.02. The fourth-order valence-corrected chi connectivity index (χ4v) is 2.89. The molecule has 2 N–H and O–H groups in total. The van der Waals surface area contributed by atoms with Crippen molar-refractivity contribution >= 4 is 23.2 Å². The number of anilines is 2. The summed E-state index contributed by atoms with van der Waals surface area (Å²) >= 11 is 0. The van der Waals surface area contributed by atoms with E-state index in [0.29, 0.717) is 17.9 Å². The average molecular weight is 338 g/mol. The predicted molar refractivity (Wildman–Crippen MR) is 97.9 cm³/mol. The van der Waals surface area contributed by atoms with Crippen molar-refractivity contribution in [1.29, 1.82) is 0 Å². The van der Waals surface area contributed by atoms with Gasteiger partial charge in [0.2, 0.25) is 0 Å². The van der Waals surface area contributed by atoms with Gasteiger partial charge < -0.3 is 15.4 Å². The van der Waals surface area contributed by atoms with Gasteiger partial charge in [-0.25, -0.2) is 0 Å². The topological polar surface area (TPSA) is 67.4 Å². The lowest BCUT2D eigenvalue weighted by atomic mass is 10.1. The highest BCUT2D eigenvalue weighted by Gasteiger charge is 2.23. The van der Waals surface area contributed by atoms with Gasteiger partial charge >= 0.3 is 0 Å². The zero-order chi connectivity index (χ0) is 17.8. The smallest absolute Gasteiger partial charge is 0.255 e. The van der Waals surface area contributed by atoms with Gasteiger partial charge in [0.15, 0.2) is 0 Å². The van der Waals surface area contributed by atoms with E-state index in [1.807, 2.05) is 32.0 Å². The third kappa shape index (κ3) is 4.25.